The van der Waals surface area contributed by atoms with Crippen LogP contribution in [0, 0.1) is 22.7 Å². The van der Waals surface area contributed by atoms with E-state index < -0.39 is 6.36 Å². The first-order chi connectivity index (χ1) is 15.0. The fraction of sp³-hybridized carbons (Fsp3) is 0.440. The highest BCUT2D eigenvalue weighted by atomic mass is 19.4. The SMILES string of the molecule is C[C@H]1C[C@@H](n2c(Cc3ccc(OC(F)(F)F)cc3)nc3cc(C#N)ccc32)CC(C)(C)C1. The van der Waals surface area contributed by atoms with Crippen LogP contribution in [0.3, 0.4) is 0 Å². The number of aromatic nitrogens is 2. The Bertz CT molecular complexity index is 1160. The van der Waals surface area contributed by atoms with E-state index in [1.54, 1.807) is 18.2 Å². The van der Waals surface area contributed by atoms with Gasteiger partial charge in [0.25, 0.3) is 0 Å². The lowest BCUT2D eigenvalue weighted by molar-refractivity contribution is -0.274. The molecule has 2 aromatic carbocycles. The number of fused-ring (bicyclic) bond motifs is 1. The molecule has 2 atom stereocenters. The molecule has 1 heterocycles. The highest BCUT2D eigenvalue weighted by molar-refractivity contribution is 5.78. The molecule has 1 aromatic heterocycles. The fourth-order valence-corrected chi connectivity index (χ4v) is 5.23. The molecule has 0 amide bonds. The van der Waals surface area contributed by atoms with Crippen molar-refractivity contribution < 1.29 is 17.9 Å². The topological polar surface area (TPSA) is 50.8 Å². The molecule has 0 saturated heterocycles. The molecule has 1 aliphatic rings. The van der Waals surface area contributed by atoms with Crippen LogP contribution >= 0.6 is 0 Å². The van der Waals surface area contributed by atoms with Gasteiger partial charge in [0.05, 0.1) is 22.7 Å². The minimum absolute atomic E-state index is 0.208. The minimum Gasteiger partial charge on any atom is -0.406 e. The maximum atomic E-state index is 12.5. The van der Waals surface area contributed by atoms with Crippen LogP contribution in [0.25, 0.3) is 11.0 Å². The zero-order chi connectivity index (χ0) is 23.1. The third-order valence-corrected chi connectivity index (χ3v) is 6.14. The predicted molar refractivity (Wildman–Crippen MR) is 116 cm³/mol. The van der Waals surface area contributed by atoms with Crippen molar-refractivity contribution in [3.05, 3.63) is 59.4 Å². The fourth-order valence-electron chi connectivity index (χ4n) is 5.23. The number of nitrogens with zero attached hydrogens (tertiary/aromatic N) is 3. The van der Waals surface area contributed by atoms with Gasteiger partial charge in [-0.1, -0.05) is 32.9 Å². The second kappa shape index (κ2) is 8.16. The van der Waals surface area contributed by atoms with Gasteiger partial charge in [0.1, 0.15) is 11.6 Å². The van der Waals surface area contributed by atoms with Crippen molar-refractivity contribution in [1.29, 1.82) is 5.26 Å². The van der Waals surface area contributed by atoms with Gasteiger partial charge in [-0.15, -0.1) is 13.2 Å². The van der Waals surface area contributed by atoms with Gasteiger partial charge in [0.2, 0.25) is 0 Å². The average molecular weight is 441 g/mol. The third kappa shape index (κ3) is 4.90. The van der Waals surface area contributed by atoms with Crippen LogP contribution in [0.5, 0.6) is 5.75 Å². The molecule has 0 N–H and O–H groups in total. The molecule has 7 heteroatoms. The Morgan fingerprint density at radius 2 is 1.88 bits per heavy atom. The van der Waals surface area contributed by atoms with E-state index in [1.807, 2.05) is 12.1 Å². The summed E-state index contributed by atoms with van der Waals surface area (Å²) >= 11 is 0. The van der Waals surface area contributed by atoms with Crippen molar-refractivity contribution in [2.45, 2.75) is 58.9 Å². The first-order valence-electron chi connectivity index (χ1n) is 10.8. The molecule has 168 valence electrons. The monoisotopic (exact) mass is 441 g/mol. The summed E-state index contributed by atoms with van der Waals surface area (Å²) in [5.41, 5.74) is 3.37. The molecular formula is C25H26F3N3O. The zero-order valence-corrected chi connectivity index (χ0v) is 18.4. The molecule has 0 bridgehead atoms. The van der Waals surface area contributed by atoms with Crippen molar-refractivity contribution >= 4 is 11.0 Å². The van der Waals surface area contributed by atoms with Gasteiger partial charge < -0.3 is 9.30 Å². The van der Waals surface area contributed by atoms with Gasteiger partial charge in [0, 0.05) is 12.5 Å². The number of nitriles is 1. The summed E-state index contributed by atoms with van der Waals surface area (Å²) in [7, 11) is 0. The largest absolute Gasteiger partial charge is 0.573 e. The van der Waals surface area contributed by atoms with Crippen LogP contribution in [-0.2, 0) is 6.42 Å². The lowest BCUT2D eigenvalue weighted by Crippen LogP contribution is -2.30. The summed E-state index contributed by atoms with van der Waals surface area (Å²) in [6, 6.07) is 13.9. The summed E-state index contributed by atoms with van der Waals surface area (Å²) in [6.45, 7) is 6.86. The lowest BCUT2D eigenvalue weighted by Gasteiger charge is -2.40. The number of benzene rings is 2. The quantitative estimate of drug-likeness (QED) is 0.448. The average Bonchev–Trinajstić information content (AvgIpc) is 3.03. The molecule has 32 heavy (non-hydrogen) atoms. The summed E-state index contributed by atoms with van der Waals surface area (Å²) in [5.74, 6) is 1.19. The van der Waals surface area contributed by atoms with Crippen LogP contribution in [0.15, 0.2) is 42.5 Å². The van der Waals surface area contributed by atoms with Crippen LogP contribution < -0.4 is 4.74 Å². The molecule has 0 aliphatic heterocycles. The normalized spacial score (nSPS) is 20.8. The Kier molecular flexibility index (Phi) is 5.66. The van der Waals surface area contributed by atoms with Gasteiger partial charge in [0.15, 0.2) is 0 Å². The number of hydrogen-bond donors (Lipinski definition) is 0. The van der Waals surface area contributed by atoms with E-state index in [1.165, 1.54) is 18.6 Å². The molecule has 1 aliphatic carbocycles. The van der Waals surface area contributed by atoms with E-state index in [-0.39, 0.29) is 17.2 Å². The van der Waals surface area contributed by atoms with Crippen molar-refractivity contribution in [3.8, 4) is 11.8 Å². The van der Waals surface area contributed by atoms with E-state index in [4.69, 9.17) is 4.98 Å². The molecule has 4 rings (SSSR count). The smallest absolute Gasteiger partial charge is 0.406 e. The summed E-state index contributed by atoms with van der Waals surface area (Å²) < 4.78 is 43.7. The van der Waals surface area contributed by atoms with Crippen molar-refractivity contribution in [2.75, 3.05) is 0 Å². The van der Waals surface area contributed by atoms with Gasteiger partial charge in [-0.3, -0.25) is 0 Å². The molecule has 0 unspecified atom stereocenters. The van der Waals surface area contributed by atoms with Gasteiger partial charge >= 0.3 is 6.36 Å². The minimum atomic E-state index is -4.71. The highest BCUT2D eigenvalue weighted by Crippen LogP contribution is 2.45. The second-order valence-corrected chi connectivity index (χ2v) is 9.65. The summed E-state index contributed by atoms with van der Waals surface area (Å²) in [6.07, 6.45) is -0.994. The number of hydrogen-bond acceptors (Lipinski definition) is 3. The maximum absolute atomic E-state index is 12.5. The van der Waals surface area contributed by atoms with Gasteiger partial charge in [-0.25, -0.2) is 4.98 Å². The number of alkyl halides is 3. The molecule has 0 spiro atoms. The first kappa shape index (κ1) is 22.2. The number of imidazole rings is 1. The van der Waals surface area contributed by atoms with Gasteiger partial charge in [-0.05, 0) is 66.5 Å². The van der Waals surface area contributed by atoms with E-state index in [9.17, 15) is 18.4 Å². The van der Waals surface area contributed by atoms with Crippen LogP contribution in [0.4, 0.5) is 13.2 Å². The lowest BCUT2D eigenvalue weighted by atomic mass is 9.70. The van der Waals surface area contributed by atoms with E-state index >= 15 is 0 Å². The van der Waals surface area contributed by atoms with E-state index in [0.717, 1.165) is 35.3 Å². The summed E-state index contributed by atoms with van der Waals surface area (Å²) in [4.78, 5) is 4.85. The molecule has 3 aromatic rings. The van der Waals surface area contributed by atoms with E-state index in [2.05, 4.69) is 36.1 Å². The Balaban J connectivity index is 1.72. The number of rotatable bonds is 4. The zero-order valence-electron chi connectivity index (χ0n) is 18.4. The van der Waals surface area contributed by atoms with Crippen LogP contribution in [0.2, 0.25) is 0 Å². The third-order valence-electron chi connectivity index (χ3n) is 6.14. The van der Waals surface area contributed by atoms with Crippen LogP contribution in [0.1, 0.15) is 63.0 Å². The molecular weight excluding hydrogens is 415 g/mol. The predicted octanol–water partition coefficient (Wildman–Crippen LogP) is 6.78. The maximum Gasteiger partial charge on any atom is 0.573 e. The van der Waals surface area contributed by atoms with Gasteiger partial charge in [-0.2, -0.15) is 5.26 Å². The van der Waals surface area contributed by atoms with Crippen molar-refractivity contribution in [2.24, 2.45) is 11.3 Å². The Labute approximate surface area is 185 Å². The van der Waals surface area contributed by atoms with Crippen LogP contribution in [-0.4, -0.2) is 15.9 Å². The van der Waals surface area contributed by atoms with E-state index in [0.29, 0.717) is 17.9 Å². The first-order valence-corrected chi connectivity index (χ1v) is 10.8. The summed E-state index contributed by atoms with van der Waals surface area (Å²) in [5, 5.41) is 9.29. The molecule has 1 fully saturated rings. The molecule has 4 nitrogen and oxygen atoms in total. The standard InChI is InChI=1S/C25H26F3N3O/c1-16-10-19(14-24(2,3)13-16)31-22-9-6-18(15-29)11-21(22)30-23(31)12-17-4-7-20(8-5-17)32-25(26,27)28/h4-9,11,16,19H,10,12-14H2,1-3H3/t16-,19+/m0/s1. The molecule has 0 radical (unpaired) electrons. The van der Waals surface area contributed by atoms with Crippen molar-refractivity contribution in [3.63, 3.8) is 0 Å². The number of halogens is 3. The Hall–Kier alpha value is -3.01. The Morgan fingerprint density at radius 3 is 2.50 bits per heavy atom. The Morgan fingerprint density at radius 1 is 1.16 bits per heavy atom. The number of ether oxygens (including phenoxy) is 1. The molecule has 1 saturated carbocycles. The second-order valence-electron chi connectivity index (χ2n) is 9.65. The van der Waals surface area contributed by atoms with Crippen molar-refractivity contribution in [1.82, 2.24) is 9.55 Å². The highest BCUT2D eigenvalue weighted by Gasteiger charge is 2.34.